The van der Waals surface area contributed by atoms with Crippen molar-refractivity contribution < 1.29 is 0 Å². The van der Waals surface area contributed by atoms with Gasteiger partial charge in [0, 0.05) is 25.2 Å². The quantitative estimate of drug-likeness (QED) is 0.729. The van der Waals surface area contributed by atoms with Crippen molar-refractivity contribution in [1.82, 2.24) is 10.2 Å². The van der Waals surface area contributed by atoms with Crippen molar-refractivity contribution >= 4 is 0 Å². The molecular weight excluding hydrogens is 244 g/mol. The van der Waals surface area contributed by atoms with E-state index in [1.165, 1.54) is 71.0 Å². The molecule has 3 unspecified atom stereocenters. The van der Waals surface area contributed by atoms with E-state index in [9.17, 15) is 0 Å². The molecule has 20 heavy (non-hydrogen) atoms. The number of likely N-dealkylation sites (tertiary alicyclic amines) is 1. The summed E-state index contributed by atoms with van der Waals surface area (Å²) in [6.45, 7) is 8.79. The van der Waals surface area contributed by atoms with Crippen LogP contribution in [-0.4, -0.2) is 36.6 Å². The molecule has 0 aromatic carbocycles. The zero-order chi connectivity index (χ0) is 13.9. The van der Waals surface area contributed by atoms with E-state index in [1.54, 1.807) is 0 Å². The Hall–Kier alpha value is -0.0800. The highest BCUT2D eigenvalue weighted by molar-refractivity contribution is 4.92. The lowest BCUT2D eigenvalue weighted by molar-refractivity contribution is 0.0896. The smallest absolute Gasteiger partial charge is 0.0198 e. The van der Waals surface area contributed by atoms with Crippen LogP contribution in [0.5, 0.6) is 0 Å². The summed E-state index contributed by atoms with van der Waals surface area (Å²) in [4.78, 5) is 2.83. The summed E-state index contributed by atoms with van der Waals surface area (Å²) >= 11 is 0. The minimum absolute atomic E-state index is 0.771. The van der Waals surface area contributed by atoms with Gasteiger partial charge in [-0.1, -0.05) is 19.8 Å². The highest BCUT2D eigenvalue weighted by atomic mass is 15.2. The number of nitrogens with one attached hydrogen (secondary N) is 1. The van der Waals surface area contributed by atoms with Crippen molar-refractivity contribution in [3.63, 3.8) is 0 Å². The summed E-state index contributed by atoms with van der Waals surface area (Å²) in [6, 6.07) is 1.61. The molecule has 2 aliphatic carbocycles. The van der Waals surface area contributed by atoms with Gasteiger partial charge in [0.05, 0.1) is 0 Å². The molecule has 0 aromatic heterocycles. The van der Waals surface area contributed by atoms with E-state index in [-0.39, 0.29) is 0 Å². The van der Waals surface area contributed by atoms with Gasteiger partial charge in [-0.25, -0.2) is 0 Å². The third-order valence-corrected chi connectivity index (χ3v) is 5.80. The van der Waals surface area contributed by atoms with Crippen LogP contribution < -0.4 is 5.32 Å². The zero-order valence-corrected chi connectivity index (χ0v) is 13.6. The van der Waals surface area contributed by atoms with Gasteiger partial charge in [0.15, 0.2) is 0 Å². The maximum atomic E-state index is 3.89. The van der Waals surface area contributed by atoms with Crippen LogP contribution in [0.15, 0.2) is 0 Å². The Balaban J connectivity index is 1.51. The fourth-order valence-corrected chi connectivity index (χ4v) is 3.96. The molecule has 1 N–H and O–H groups in total. The van der Waals surface area contributed by atoms with Crippen molar-refractivity contribution in [2.24, 2.45) is 17.8 Å². The number of piperidine rings is 1. The minimum atomic E-state index is 0.771. The summed E-state index contributed by atoms with van der Waals surface area (Å²) < 4.78 is 0. The van der Waals surface area contributed by atoms with Crippen LogP contribution >= 0.6 is 0 Å². The monoisotopic (exact) mass is 278 g/mol. The van der Waals surface area contributed by atoms with Crippen molar-refractivity contribution in [3.8, 4) is 0 Å². The standard InChI is InChI=1S/C18H34N2/c1-3-4-5-16-10-18(19-11-15-6-7-15)13-20(12-16)14(2)17-8-9-17/h14-19H,3-13H2,1-2H3. The van der Waals surface area contributed by atoms with E-state index >= 15 is 0 Å². The highest BCUT2D eigenvalue weighted by Crippen LogP contribution is 2.37. The Kier molecular flexibility index (Phi) is 5.04. The third-order valence-electron chi connectivity index (χ3n) is 5.80. The molecule has 3 fully saturated rings. The molecule has 0 bridgehead atoms. The summed E-state index contributed by atoms with van der Waals surface area (Å²) in [7, 11) is 0. The molecule has 0 amide bonds. The van der Waals surface area contributed by atoms with Gasteiger partial charge in [0.1, 0.15) is 0 Å². The van der Waals surface area contributed by atoms with Gasteiger partial charge in [-0.15, -0.1) is 0 Å². The maximum Gasteiger partial charge on any atom is 0.0198 e. The van der Waals surface area contributed by atoms with Gasteiger partial charge >= 0.3 is 0 Å². The number of nitrogens with zero attached hydrogens (tertiary/aromatic N) is 1. The number of hydrogen-bond donors (Lipinski definition) is 1. The molecule has 3 aliphatic rings. The van der Waals surface area contributed by atoms with E-state index in [0.717, 1.165) is 29.8 Å². The molecule has 2 saturated carbocycles. The first-order valence-corrected chi connectivity index (χ1v) is 9.23. The Morgan fingerprint density at radius 1 is 1.10 bits per heavy atom. The number of unbranched alkanes of at least 4 members (excludes halogenated alkanes) is 1. The van der Waals surface area contributed by atoms with Crippen LogP contribution in [0.3, 0.4) is 0 Å². The Morgan fingerprint density at radius 3 is 2.55 bits per heavy atom. The largest absolute Gasteiger partial charge is 0.312 e. The molecule has 3 atom stereocenters. The van der Waals surface area contributed by atoms with E-state index < -0.39 is 0 Å². The lowest BCUT2D eigenvalue weighted by atomic mass is 9.88. The third kappa shape index (κ3) is 4.21. The number of rotatable bonds is 8. The maximum absolute atomic E-state index is 3.89. The van der Waals surface area contributed by atoms with E-state index in [4.69, 9.17) is 0 Å². The second-order valence-electron chi connectivity index (χ2n) is 7.82. The van der Waals surface area contributed by atoms with Gasteiger partial charge in [-0.3, -0.25) is 4.90 Å². The molecule has 0 aromatic rings. The van der Waals surface area contributed by atoms with Gasteiger partial charge in [0.2, 0.25) is 0 Å². The predicted octanol–water partition coefficient (Wildman–Crippen LogP) is 3.67. The van der Waals surface area contributed by atoms with Crippen LogP contribution in [0, 0.1) is 17.8 Å². The second-order valence-corrected chi connectivity index (χ2v) is 7.82. The molecule has 3 rings (SSSR count). The first-order chi connectivity index (χ1) is 9.76. The Labute approximate surface area is 125 Å². The molecule has 1 aliphatic heterocycles. The van der Waals surface area contributed by atoms with Gasteiger partial charge in [-0.2, -0.15) is 0 Å². The minimum Gasteiger partial charge on any atom is -0.312 e. The van der Waals surface area contributed by atoms with Gasteiger partial charge in [-0.05, 0) is 69.7 Å². The van der Waals surface area contributed by atoms with E-state index in [0.29, 0.717) is 0 Å². The van der Waals surface area contributed by atoms with Crippen LogP contribution in [0.25, 0.3) is 0 Å². The summed E-state index contributed by atoms with van der Waals surface area (Å²) in [5, 5.41) is 3.89. The Bertz CT molecular complexity index is 296. The fourth-order valence-electron chi connectivity index (χ4n) is 3.96. The van der Waals surface area contributed by atoms with E-state index in [2.05, 4.69) is 24.1 Å². The summed E-state index contributed by atoms with van der Waals surface area (Å²) in [5.41, 5.74) is 0. The molecule has 2 nitrogen and oxygen atoms in total. The highest BCUT2D eigenvalue weighted by Gasteiger charge is 2.36. The first kappa shape index (κ1) is 14.8. The zero-order valence-electron chi connectivity index (χ0n) is 13.6. The van der Waals surface area contributed by atoms with Crippen molar-refractivity contribution in [2.75, 3.05) is 19.6 Å². The van der Waals surface area contributed by atoms with Gasteiger partial charge in [0.25, 0.3) is 0 Å². The first-order valence-electron chi connectivity index (χ1n) is 9.23. The Morgan fingerprint density at radius 2 is 1.90 bits per heavy atom. The lowest BCUT2D eigenvalue weighted by Crippen LogP contribution is -2.52. The van der Waals surface area contributed by atoms with Crippen LogP contribution in [-0.2, 0) is 0 Å². The molecule has 0 spiro atoms. The molecule has 2 heteroatoms. The average molecular weight is 278 g/mol. The fraction of sp³-hybridized carbons (Fsp3) is 1.00. The second kappa shape index (κ2) is 6.79. The molecule has 116 valence electrons. The van der Waals surface area contributed by atoms with Crippen LogP contribution in [0.2, 0.25) is 0 Å². The van der Waals surface area contributed by atoms with Crippen molar-refractivity contribution in [1.29, 1.82) is 0 Å². The topological polar surface area (TPSA) is 15.3 Å². The lowest BCUT2D eigenvalue weighted by Gasteiger charge is -2.41. The molecular formula is C18H34N2. The normalized spacial score (nSPS) is 33.3. The summed E-state index contributed by atoms with van der Waals surface area (Å²) in [6.07, 6.45) is 11.6. The van der Waals surface area contributed by atoms with Crippen molar-refractivity contribution in [3.05, 3.63) is 0 Å². The number of hydrogen-bond acceptors (Lipinski definition) is 2. The van der Waals surface area contributed by atoms with Crippen LogP contribution in [0.4, 0.5) is 0 Å². The van der Waals surface area contributed by atoms with E-state index in [1.807, 2.05) is 0 Å². The molecule has 1 heterocycles. The van der Waals surface area contributed by atoms with Gasteiger partial charge < -0.3 is 5.32 Å². The average Bonchev–Trinajstić information content (AvgIpc) is 3.34. The molecule has 1 saturated heterocycles. The molecule has 0 radical (unpaired) electrons. The van der Waals surface area contributed by atoms with Crippen LogP contribution in [0.1, 0.15) is 65.2 Å². The van der Waals surface area contributed by atoms with Crippen molar-refractivity contribution in [2.45, 2.75) is 77.3 Å². The SMILES string of the molecule is CCCCC1CC(NCC2CC2)CN(C(C)C2CC2)C1. The summed E-state index contributed by atoms with van der Waals surface area (Å²) in [5.74, 6) is 2.98. The predicted molar refractivity (Wildman–Crippen MR) is 85.9 cm³/mol.